The molecule has 1 nitrogen and oxygen atoms in total. The third kappa shape index (κ3) is 1.86. The van der Waals surface area contributed by atoms with Crippen LogP contribution >= 0.6 is 0 Å². The lowest BCUT2D eigenvalue weighted by molar-refractivity contribution is 0.137. The van der Waals surface area contributed by atoms with Crippen LogP contribution in [0.4, 0.5) is 0 Å². The van der Waals surface area contributed by atoms with Gasteiger partial charge in [-0.1, -0.05) is 43.7 Å². The van der Waals surface area contributed by atoms with Crippen molar-refractivity contribution in [1.82, 2.24) is 0 Å². The van der Waals surface area contributed by atoms with Crippen LogP contribution in [-0.4, -0.2) is 6.61 Å². The second kappa shape index (κ2) is 3.28. The van der Waals surface area contributed by atoms with Crippen molar-refractivity contribution in [2.45, 2.75) is 26.2 Å². The molecule has 0 saturated heterocycles. The lowest BCUT2D eigenvalue weighted by Gasteiger charge is -2.21. The van der Waals surface area contributed by atoms with E-state index in [1.54, 1.807) is 0 Å². The number of aryl methyl sites for hydroxylation is 1. The molecule has 0 saturated carbocycles. The number of rotatable bonds is 2. The fourth-order valence-electron chi connectivity index (χ4n) is 1.15. The zero-order valence-electron chi connectivity index (χ0n) is 7.92. The summed E-state index contributed by atoms with van der Waals surface area (Å²) in [6.07, 6.45) is 0. The molecule has 0 unspecified atom stereocenters. The van der Waals surface area contributed by atoms with Gasteiger partial charge in [-0.25, -0.2) is 5.11 Å². The third-order valence-corrected chi connectivity index (χ3v) is 2.16. The van der Waals surface area contributed by atoms with Crippen LogP contribution in [0.2, 0.25) is 0 Å². The first-order chi connectivity index (χ1) is 5.56. The van der Waals surface area contributed by atoms with Crippen LogP contribution in [0.3, 0.4) is 0 Å². The smallest absolute Gasteiger partial charge is 0.0913 e. The van der Waals surface area contributed by atoms with E-state index in [-0.39, 0.29) is 12.0 Å². The summed E-state index contributed by atoms with van der Waals surface area (Å²) in [6.45, 7) is 5.95. The van der Waals surface area contributed by atoms with E-state index in [0.29, 0.717) is 0 Å². The van der Waals surface area contributed by atoms with Gasteiger partial charge in [0, 0.05) is 5.41 Å². The minimum Gasteiger partial charge on any atom is -0.236 e. The molecule has 0 bridgehead atoms. The standard InChI is InChI=1S/C11H15O/c1-9-5-4-6-10(7-9)11(2,3)8-12/h4-7H,8H2,1-3H3. The number of hydrogen-bond acceptors (Lipinski definition) is 0. The van der Waals surface area contributed by atoms with Gasteiger partial charge in [0.1, 0.15) is 0 Å². The van der Waals surface area contributed by atoms with Crippen molar-refractivity contribution in [2.24, 2.45) is 0 Å². The van der Waals surface area contributed by atoms with Crippen molar-refractivity contribution in [3.8, 4) is 0 Å². The summed E-state index contributed by atoms with van der Waals surface area (Å²) < 4.78 is 0. The van der Waals surface area contributed by atoms with Gasteiger partial charge >= 0.3 is 0 Å². The zero-order chi connectivity index (χ0) is 9.19. The molecule has 0 aliphatic heterocycles. The van der Waals surface area contributed by atoms with Crippen LogP contribution in [0.25, 0.3) is 0 Å². The van der Waals surface area contributed by atoms with Gasteiger partial charge in [0.15, 0.2) is 0 Å². The summed E-state index contributed by atoms with van der Waals surface area (Å²) in [4.78, 5) is 0. The largest absolute Gasteiger partial charge is 0.236 e. The zero-order valence-corrected chi connectivity index (χ0v) is 7.92. The molecule has 0 heterocycles. The first-order valence-corrected chi connectivity index (χ1v) is 4.21. The van der Waals surface area contributed by atoms with Gasteiger partial charge in [-0.15, -0.1) is 0 Å². The Morgan fingerprint density at radius 3 is 2.50 bits per heavy atom. The van der Waals surface area contributed by atoms with Gasteiger partial charge in [-0.2, -0.15) is 0 Å². The highest BCUT2D eigenvalue weighted by atomic mass is 16.3. The minimum absolute atomic E-state index is 0.0591. The Kier molecular flexibility index (Phi) is 2.53. The monoisotopic (exact) mass is 163 g/mol. The van der Waals surface area contributed by atoms with Crippen molar-refractivity contribution < 1.29 is 5.11 Å². The molecule has 0 atom stereocenters. The molecule has 0 amide bonds. The summed E-state index contributed by atoms with van der Waals surface area (Å²) in [5.41, 5.74) is 2.12. The summed E-state index contributed by atoms with van der Waals surface area (Å²) in [6, 6.07) is 8.15. The van der Waals surface area contributed by atoms with E-state index >= 15 is 0 Å². The predicted octanol–water partition coefficient (Wildman–Crippen LogP) is 2.70. The van der Waals surface area contributed by atoms with Crippen LogP contribution in [0, 0.1) is 6.92 Å². The van der Waals surface area contributed by atoms with Gasteiger partial charge in [0.2, 0.25) is 0 Å². The van der Waals surface area contributed by atoms with Crippen molar-refractivity contribution >= 4 is 0 Å². The molecule has 1 heteroatoms. The average molecular weight is 163 g/mol. The van der Waals surface area contributed by atoms with Gasteiger partial charge < -0.3 is 0 Å². The summed E-state index contributed by atoms with van der Waals surface area (Å²) in [7, 11) is 0. The van der Waals surface area contributed by atoms with E-state index in [0.717, 1.165) is 5.56 Å². The fourth-order valence-corrected chi connectivity index (χ4v) is 1.15. The molecule has 65 valence electrons. The molecular formula is C11H15O. The number of hydrogen-bond donors (Lipinski definition) is 0. The van der Waals surface area contributed by atoms with Crippen molar-refractivity contribution in [2.75, 3.05) is 6.61 Å². The molecule has 0 aliphatic rings. The summed E-state index contributed by atoms with van der Waals surface area (Å²) >= 11 is 0. The Labute approximate surface area is 74.1 Å². The van der Waals surface area contributed by atoms with E-state index in [2.05, 4.69) is 6.07 Å². The molecule has 0 spiro atoms. The van der Waals surface area contributed by atoms with Crippen LogP contribution in [-0.2, 0) is 10.5 Å². The Morgan fingerprint density at radius 2 is 2.00 bits per heavy atom. The van der Waals surface area contributed by atoms with Gasteiger partial charge in [-0.3, -0.25) is 0 Å². The second-order valence-electron chi connectivity index (χ2n) is 3.90. The Morgan fingerprint density at radius 1 is 1.33 bits per heavy atom. The Hall–Kier alpha value is -0.820. The van der Waals surface area contributed by atoms with Crippen LogP contribution in [0.5, 0.6) is 0 Å². The third-order valence-electron chi connectivity index (χ3n) is 2.16. The van der Waals surface area contributed by atoms with Gasteiger partial charge in [-0.05, 0) is 12.5 Å². The molecule has 1 rings (SSSR count). The van der Waals surface area contributed by atoms with Crippen molar-refractivity contribution in [1.29, 1.82) is 0 Å². The highest BCUT2D eigenvalue weighted by Gasteiger charge is 2.19. The first kappa shape index (κ1) is 9.27. The molecule has 0 aromatic heterocycles. The first-order valence-electron chi connectivity index (χ1n) is 4.21. The molecule has 0 fully saturated rings. The van der Waals surface area contributed by atoms with E-state index in [9.17, 15) is 5.11 Å². The van der Waals surface area contributed by atoms with Crippen molar-refractivity contribution in [3.63, 3.8) is 0 Å². The van der Waals surface area contributed by atoms with Gasteiger partial charge in [0.05, 0.1) is 6.61 Å². The van der Waals surface area contributed by atoms with E-state index in [4.69, 9.17) is 0 Å². The molecule has 1 aromatic carbocycles. The van der Waals surface area contributed by atoms with E-state index in [1.165, 1.54) is 5.56 Å². The van der Waals surface area contributed by atoms with Crippen molar-refractivity contribution in [3.05, 3.63) is 35.4 Å². The van der Waals surface area contributed by atoms with Crippen LogP contribution in [0.1, 0.15) is 25.0 Å². The maximum absolute atomic E-state index is 10.9. The molecule has 1 radical (unpaired) electrons. The quantitative estimate of drug-likeness (QED) is 0.639. The predicted molar refractivity (Wildman–Crippen MR) is 49.8 cm³/mol. The van der Waals surface area contributed by atoms with E-state index in [1.807, 2.05) is 39.0 Å². The molecular weight excluding hydrogens is 148 g/mol. The Balaban J connectivity index is 3.03. The number of benzene rings is 1. The summed E-state index contributed by atoms with van der Waals surface area (Å²) in [5.74, 6) is 0. The SMILES string of the molecule is Cc1cccc(C(C)(C)C[O])c1. The topological polar surface area (TPSA) is 19.9 Å². The molecule has 12 heavy (non-hydrogen) atoms. The molecule has 1 aromatic rings. The lowest BCUT2D eigenvalue weighted by Crippen LogP contribution is -2.21. The van der Waals surface area contributed by atoms with Crippen LogP contribution in [0.15, 0.2) is 24.3 Å². The maximum Gasteiger partial charge on any atom is 0.0913 e. The maximum atomic E-state index is 10.9. The average Bonchev–Trinajstić information content (AvgIpc) is 2.05. The Bertz CT molecular complexity index is 263. The lowest BCUT2D eigenvalue weighted by atomic mass is 9.85. The highest BCUT2D eigenvalue weighted by Crippen LogP contribution is 2.22. The highest BCUT2D eigenvalue weighted by molar-refractivity contribution is 5.28. The van der Waals surface area contributed by atoms with Crippen LogP contribution < -0.4 is 0 Å². The normalized spacial score (nSPS) is 11.7. The minimum atomic E-state index is -0.230. The summed E-state index contributed by atoms with van der Waals surface area (Å²) in [5, 5.41) is 10.9. The molecule has 0 aliphatic carbocycles. The van der Waals surface area contributed by atoms with Gasteiger partial charge in [0.25, 0.3) is 0 Å². The second-order valence-corrected chi connectivity index (χ2v) is 3.90. The van der Waals surface area contributed by atoms with E-state index < -0.39 is 0 Å². The fraction of sp³-hybridized carbons (Fsp3) is 0.455. The molecule has 0 N–H and O–H groups in total.